The first kappa shape index (κ1) is 11.4. The molecule has 1 aliphatic rings. The van der Waals surface area contributed by atoms with Gasteiger partial charge < -0.3 is 9.84 Å². The van der Waals surface area contributed by atoms with E-state index in [4.69, 9.17) is 9.84 Å². The summed E-state index contributed by atoms with van der Waals surface area (Å²) in [6, 6.07) is 6.04. The molecule has 4 heteroatoms. The van der Waals surface area contributed by atoms with E-state index in [1.165, 1.54) is 12.1 Å². The summed E-state index contributed by atoms with van der Waals surface area (Å²) in [5.41, 5.74) is 0. The molecular weight excluding hydrogens is 209 g/mol. The second-order valence-corrected chi connectivity index (χ2v) is 4.07. The van der Waals surface area contributed by atoms with Gasteiger partial charge in [-0.1, -0.05) is 0 Å². The van der Waals surface area contributed by atoms with Crippen LogP contribution in [0.15, 0.2) is 24.3 Å². The van der Waals surface area contributed by atoms with Crippen molar-refractivity contribution in [3.63, 3.8) is 0 Å². The molecule has 0 unspecified atom stereocenters. The van der Waals surface area contributed by atoms with Crippen LogP contribution in [0.4, 0.5) is 4.39 Å². The Kier molecular flexibility index (Phi) is 3.74. The molecule has 1 N–H and O–H groups in total. The SMILES string of the molecule is OC1CN(CCCOc2ccc(F)cc2)C1. The summed E-state index contributed by atoms with van der Waals surface area (Å²) < 4.78 is 18.0. The molecule has 1 heterocycles. The Hall–Kier alpha value is -1.13. The van der Waals surface area contributed by atoms with Crippen molar-refractivity contribution in [2.75, 3.05) is 26.2 Å². The van der Waals surface area contributed by atoms with Crippen molar-refractivity contribution in [1.29, 1.82) is 0 Å². The van der Waals surface area contributed by atoms with E-state index >= 15 is 0 Å². The third-order valence-electron chi connectivity index (χ3n) is 2.64. The summed E-state index contributed by atoms with van der Waals surface area (Å²) >= 11 is 0. The van der Waals surface area contributed by atoms with Gasteiger partial charge in [-0.25, -0.2) is 4.39 Å². The first-order chi connectivity index (χ1) is 7.74. The Morgan fingerprint density at radius 3 is 2.62 bits per heavy atom. The second kappa shape index (κ2) is 5.27. The van der Waals surface area contributed by atoms with Crippen LogP contribution in [0.3, 0.4) is 0 Å². The lowest BCUT2D eigenvalue weighted by atomic mass is 10.1. The number of benzene rings is 1. The number of hydrogen-bond acceptors (Lipinski definition) is 3. The van der Waals surface area contributed by atoms with Gasteiger partial charge >= 0.3 is 0 Å². The summed E-state index contributed by atoms with van der Waals surface area (Å²) in [4.78, 5) is 2.18. The number of ether oxygens (including phenoxy) is 1. The van der Waals surface area contributed by atoms with Gasteiger partial charge in [0.2, 0.25) is 0 Å². The lowest BCUT2D eigenvalue weighted by molar-refractivity contribution is 0.0000481. The Labute approximate surface area is 94.4 Å². The minimum absolute atomic E-state index is 0.141. The summed E-state index contributed by atoms with van der Waals surface area (Å²) in [6.07, 6.45) is 0.780. The highest BCUT2D eigenvalue weighted by atomic mass is 19.1. The van der Waals surface area contributed by atoms with E-state index in [0.717, 1.165) is 26.1 Å². The van der Waals surface area contributed by atoms with E-state index in [1.807, 2.05) is 0 Å². The summed E-state index contributed by atoms with van der Waals surface area (Å²) in [5.74, 6) is 0.451. The molecule has 1 aromatic carbocycles. The zero-order valence-electron chi connectivity index (χ0n) is 9.10. The van der Waals surface area contributed by atoms with Gasteiger partial charge in [-0.15, -0.1) is 0 Å². The molecule has 2 rings (SSSR count). The average molecular weight is 225 g/mol. The number of aliphatic hydroxyl groups excluding tert-OH is 1. The maximum atomic E-state index is 12.6. The van der Waals surface area contributed by atoms with Crippen molar-refractivity contribution < 1.29 is 14.2 Å². The van der Waals surface area contributed by atoms with Crippen LogP contribution in [0.25, 0.3) is 0 Å². The van der Waals surface area contributed by atoms with Crippen molar-refractivity contribution in [1.82, 2.24) is 4.90 Å². The topological polar surface area (TPSA) is 32.7 Å². The molecule has 0 aliphatic carbocycles. The molecule has 1 saturated heterocycles. The quantitative estimate of drug-likeness (QED) is 0.766. The number of likely N-dealkylation sites (tertiary alicyclic amines) is 1. The number of halogens is 1. The van der Waals surface area contributed by atoms with E-state index in [0.29, 0.717) is 12.4 Å². The highest BCUT2D eigenvalue weighted by Crippen LogP contribution is 2.12. The van der Waals surface area contributed by atoms with Crippen molar-refractivity contribution >= 4 is 0 Å². The first-order valence-corrected chi connectivity index (χ1v) is 5.53. The van der Waals surface area contributed by atoms with Gasteiger partial charge in [0.25, 0.3) is 0 Å². The minimum Gasteiger partial charge on any atom is -0.494 e. The second-order valence-electron chi connectivity index (χ2n) is 4.07. The van der Waals surface area contributed by atoms with Crippen LogP contribution in [-0.2, 0) is 0 Å². The van der Waals surface area contributed by atoms with Crippen LogP contribution in [-0.4, -0.2) is 42.4 Å². The van der Waals surface area contributed by atoms with Crippen LogP contribution in [0.1, 0.15) is 6.42 Å². The fourth-order valence-electron chi connectivity index (χ4n) is 1.73. The number of hydrogen-bond donors (Lipinski definition) is 1. The first-order valence-electron chi connectivity index (χ1n) is 5.53. The molecule has 3 nitrogen and oxygen atoms in total. The van der Waals surface area contributed by atoms with Gasteiger partial charge in [-0.2, -0.15) is 0 Å². The summed E-state index contributed by atoms with van der Waals surface area (Å²) in [5, 5.41) is 9.07. The van der Waals surface area contributed by atoms with Crippen LogP contribution in [0.5, 0.6) is 5.75 Å². The molecule has 88 valence electrons. The van der Waals surface area contributed by atoms with E-state index in [2.05, 4.69) is 4.90 Å². The molecule has 0 aromatic heterocycles. The van der Waals surface area contributed by atoms with Gasteiger partial charge in [0.15, 0.2) is 0 Å². The molecule has 16 heavy (non-hydrogen) atoms. The van der Waals surface area contributed by atoms with E-state index < -0.39 is 0 Å². The standard InChI is InChI=1S/C12H16FNO2/c13-10-2-4-12(5-3-10)16-7-1-6-14-8-11(15)9-14/h2-5,11,15H,1,6-9H2. The van der Waals surface area contributed by atoms with Gasteiger partial charge in [0, 0.05) is 19.6 Å². The Balaban J connectivity index is 1.59. The molecule has 0 bridgehead atoms. The summed E-state index contributed by atoms with van der Waals surface area (Å²) in [6.45, 7) is 3.11. The van der Waals surface area contributed by atoms with E-state index in [9.17, 15) is 4.39 Å². The molecule has 0 atom stereocenters. The monoisotopic (exact) mass is 225 g/mol. The number of nitrogens with zero attached hydrogens (tertiary/aromatic N) is 1. The maximum absolute atomic E-state index is 12.6. The van der Waals surface area contributed by atoms with Crippen molar-refractivity contribution in [3.8, 4) is 5.75 Å². The van der Waals surface area contributed by atoms with Crippen molar-refractivity contribution in [2.24, 2.45) is 0 Å². The molecule has 1 aliphatic heterocycles. The van der Waals surface area contributed by atoms with Crippen LogP contribution < -0.4 is 4.74 Å². The minimum atomic E-state index is -0.248. The maximum Gasteiger partial charge on any atom is 0.123 e. The zero-order chi connectivity index (χ0) is 11.4. The highest BCUT2D eigenvalue weighted by Gasteiger charge is 2.22. The number of aliphatic hydroxyl groups is 1. The Morgan fingerprint density at radius 1 is 1.31 bits per heavy atom. The normalized spacial score (nSPS) is 17.1. The van der Waals surface area contributed by atoms with Crippen LogP contribution in [0, 0.1) is 5.82 Å². The van der Waals surface area contributed by atoms with E-state index in [-0.39, 0.29) is 11.9 Å². The molecule has 0 radical (unpaired) electrons. The predicted octanol–water partition coefficient (Wildman–Crippen LogP) is 1.27. The Morgan fingerprint density at radius 2 is 2.00 bits per heavy atom. The molecule has 0 spiro atoms. The van der Waals surface area contributed by atoms with Gasteiger partial charge in [-0.05, 0) is 30.7 Å². The number of rotatable bonds is 5. The van der Waals surface area contributed by atoms with Crippen molar-refractivity contribution in [2.45, 2.75) is 12.5 Å². The third kappa shape index (κ3) is 3.18. The van der Waals surface area contributed by atoms with Gasteiger partial charge in [-0.3, -0.25) is 4.90 Å². The predicted molar refractivity (Wildman–Crippen MR) is 59.0 cm³/mol. The van der Waals surface area contributed by atoms with Gasteiger partial charge in [0.05, 0.1) is 12.7 Å². The average Bonchev–Trinajstić information content (AvgIpc) is 2.24. The molecular formula is C12H16FNO2. The summed E-state index contributed by atoms with van der Waals surface area (Å²) in [7, 11) is 0. The molecule has 1 aromatic rings. The fourth-order valence-corrected chi connectivity index (χ4v) is 1.73. The zero-order valence-corrected chi connectivity index (χ0v) is 9.10. The van der Waals surface area contributed by atoms with Crippen LogP contribution >= 0.6 is 0 Å². The van der Waals surface area contributed by atoms with Crippen molar-refractivity contribution in [3.05, 3.63) is 30.1 Å². The molecule has 0 saturated carbocycles. The lowest BCUT2D eigenvalue weighted by Crippen LogP contribution is -2.50. The largest absolute Gasteiger partial charge is 0.494 e. The Bertz CT molecular complexity index is 322. The lowest BCUT2D eigenvalue weighted by Gasteiger charge is -2.35. The highest BCUT2D eigenvalue weighted by molar-refractivity contribution is 5.21. The molecule has 0 amide bonds. The smallest absolute Gasteiger partial charge is 0.123 e. The third-order valence-corrected chi connectivity index (χ3v) is 2.64. The number of β-amino-alcohol motifs (C(OH)–C–C–N with tert-alkyl or cyclic N) is 1. The van der Waals surface area contributed by atoms with Crippen LogP contribution in [0.2, 0.25) is 0 Å². The fraction of sp³-hybridized carbons (Fsp3) is 0.500. The van der Waals surface area contributed by atoms with E-state index in [1.54, 1.807) is 12.1 Å². The van der Waals surface area contributed by atoms with Gasteiger partial charge in [0.1, 0.15) is 11.6 Å². The molecule has 1 fully saturated rings.